The highest BCUT2D eigenvalue weighted by molar-refractivity contribution is 6.34. The first-order valence-corrected chi connectivity index (χ1v) is 9.31. The first kappa shape index (κ1) is 27.8. The number of nitrogens with one attached hydrogen (secondary N) is 5. The van der Waals surface area contributed by atoms with Crippen LogP contribution in [0.2, 0.25) is 5.02 Å². The second kappa shape index (κ2) is 12.1. The number of rotatable bonds is 6. The average molecular weight is 520 g/mol. The van der Waals surface area contributed by atoms with E-state index in [0.29, 0.717) is 18.0 Å². The number of benzene rings is 2. The van der Waals surface area contributed by atoms with Gasteiger partial charge in [-0.3, -0.25) is 20.1 Å². The van der Waals surface area contributed by atoms with Crippen LogP contribution in [0.3, 0.4) is 0 Å². The van der Waals surface area contributed by atoms with Crippen LogP contribution in [0, 0.1) is 17.0 Å². The molecule has 0 saturated carbocycles. The van der Waals surface area contributed by atoms with Crippen molar-refractivity contribution in [1.82, 2.24) is 15.5 Å². The van der Waals surface area contributed by atoms with E-state index in [4.69, 9.17) is 17.0 Å². The number of aromatic amines is 1. The minimum Gasteiger partial charge on any atom is -0.347 e. The highest BCUT2D eigenvalue weighted by Crippen LogP contribution is 2.21. The topological polar surface area (TPSA) is 123 Å². The zero-order chi connectivity index (χ0) is 22.5. The van der Waals surface area contributed by atoms with Crippen LogP contribution in [-0.2, 0) is 6.54 Å². The third-order valence-corrected chi connectivity index (χ3v) is 4.36. The van der Waals surface area contributed by atoms with E-state index in [-0.39, 0.29) is 53.5 Å². The van der Waals surface area contributed by atoms with Crippen LogP contribution in [0.1, 0.15) is 33.3 Å². The first-order valence-electron chi connectivity index (χ1n) is 8.93. The molecular weight excluding hydrogens is 501 g/mol. The highest BCUT2D eigenvalue weighted by Gasteiger charge is 2.17. The average Bonchev–Trinajstić information content (AvgIpc) is 3.18. The molecule has 8 nitrogen and oxygen atoms in total. The maximum absolute atomic E-state index is 13.4. The van der Waals surface area contributed by atoms with Crippen molar-refractivity contribution < 1.29 is 18.4 Å². The first-order chi connectivity index (χ1) is 14.7. The fraction of sp³-hybridized carbons (Fsp3) is 0.100. The summed E-state index contributed by atoms with van der Waals surface area (Å²) in [5, 5.41) is 21.4. The van der Waals surface area contributed by atoms with Crippen molar-refractivity contribution in [2.75, 3.05) is 10.6 Å². The lowest BCUT2D eigenvalue weighted by Crippen LogP contribution is -2.23. The number of aromatic nitrogens is 2. The van der Waals surface area contributed by atoms with E-state index < -0.39 is 23.4 Å². The van der Waals surface area contributed by atoms with Crippen LogP contribution in [-0.4, -0.2) is 27.8 Å². The Morgan fingerprint density at radius 1 is 1.03 bits per heavy atom. The number of halogens is 5. The maximum Gasteiger partial charge on any atom is 0.272 e. The van der Waals surface area contributed by atoms with E-state index in [0.717, 1.165) is 11.3 Å². The maximum atomic E-state index is 13.4. The van der Waals surface area contributed by atoms with Crippen LogP contribution in [0.4, 0.5) is 20.3 Å². The second-order valence-corrected chi connectivity index (χ2v) is 6.90. The molecule has 0 aliphatic rings. The minimum absolute atomic E-state index is 0. The largest absolute Gasteiger partial charge is 0.347 e. The Bertz CT molecular complexity index is 1160. The molecule has 0 saturated heterocycles. The predicted molar refractivity (Wildman–Crippen MR) is 127 cm³/mol. The quantitative estimate of drug-likeness (QED) is 0.183. The summed E-state index contributed by atoms with van der Waals surface area (Å²) in [6, 6.07) is 9.84. The lowest BCUT2D eigenvalue weighted by molar-refractivity contribution is 0.0945. The summed E-state index contributed by atoms with van der Waals surface area (Å²) < 4.78 is 26.5. The molecular formula is C20H19Cl3F2N6O2. The number of amides is 2. The smallest absolute Gasteiger partial charge is 0.272 e. The summed E-state index contributed by atoms with van der Waals surface area (Å²) in [4.78, 5) is 24.5. The number of hydrogen-bond donors (Lipinski definition) is 5. The fourth-order valence-corrected chi connectivity index (χ4v) is 2.82. The molecule has 2 aromatic carbocycles. The van der Waals surface area contributed by atoms with Gasteiger partial charge in [0.1, 0.15) is 5.82 Å². The molecule has 2 amide bonds. The third kappa shape index (κ3) is 7.41. The lowest BCUT2D eigenvalue weighted by Gasteiger charge is -2.06. The van der Waals surface area contributed by atoms with Crippen molar-refractivity contribution in [2.45, 2.75) is 13.5 Å². The number of nitrogens with zero attached hydrogens (tertiary/aromatic N) is 1. The van der Waals surface area contributed by atoms with Gasteiger partial charge in [0.15, 0.2) is 17.3 Å². The zero-order valence-corrected chi connectivity index (χ0v) is 19.4. The molecule has 0 radical (unpaired) electrons. The molecule has 33 heavy (non-hydrogen) atoms. The molecule has 0 bridgehead atoms. The van der Waals surface area contributed by atoms with Gasteiger partial charge in [-0.2, -0.15) is 5.10 Å². The van der Waals surface area contributed by atoms with E-state index in [2.05, 4.69) is 26.1 Å². The summed E-state index contributed by atoms with van der Waals surface area (Å²) in [6.45, 7) is 1.86. The molecule has 5 N–H and O–H groups in total. The molecule has 0 aliphatic heterocycles. The predicted octanol–water partition coefficient (Wildman–Crippen LogP) is 4.78. The van der Waals surface area contributed by atoms with Gasteiger partial charge >= 0.3 is 0 Å². The normalized spacial score (nSPS) is 9.82. The van der Waals surface area contributed by atoms with E-state index >= 15 is 0 Å². The van der Waals surface area contributed by atoms with Crippen LogP contribution in [0.15, 0.2) is 42.5 Å². The Hall–Kier alpha value is -3.21. The van der Waals surface area contributed by atoms with Gasteiger partial charge in [-0.25, -0.2) is 8.78 Å². The van der Waals surface area contributed by atoms with Gasteiger partial charge < -0.3 is 16.0 Å². The number of amidine groups is 1. The molecule has 3 rings (SSSR count). The molecule has 0 fully saturated rings. The monoisotopic (exact) mass is 518 g/mol. The van der Waals surface area contributed by atoms with Gasteiger partial charge in [-0.05, 0) is 36.8 Å². The van der Waals surface area contributed by atoms with Gasteiger partial charge in [-0.15, -0.1) is 24.8 Å². The summed E-state index contributed by atoms with van der Waals surface area (Å²) in [7, 11) is 0. The number of carbonyl (C=O) groups is 2. The van der Waals surface area contributed by atoms with Gasteiger partial charge in [0.25, 0.3) is 11.8 Å². The van der Waals surface area contributed by atoms with E-state index in [1.807, 2.05) is 0 Å². The van der Waals surface area contributed by atoms with Crippen molar-refractivity contribution >= 4 is 65.6 Å². The SMILES string of the molecule is CC(=N)Nc1ccc(CNC(=O)c2cc(NC(=O)c3cc(F)c(F)cc3Cl)[nH]n2)cc1.Cl.Cl. The molecule has 1 aromatic heterocycles. The summed E-state index contributed by atoms with van der Waals surface area (Å²) in [6.07, 6.45) is 0. The summed E-state index contributed by atoms with van der Waals surface area (Å²) in [5.41, 5.74) is 1.34. The van der Waals surface area contributed by atoms with Gasteiger partial charge in [0.05, 0.1) is 16.4 Å². The highest BCUT2D eigenvalue weighted by atomic mass is 35.5. The minimum atomic E-state index is -1.21. The van der Waals surface area contributed by atoms with Gasteiger partial charge in [0, 0.05) is 18.3 Å². The Morgan fingerprint density at radius 2 is 1.67 bits per heavy atom. The van der Waals surface area contributed by atoms with E-state index in [1.165, 1.54) is 6.07 Å². The van der Waals surface area contributed by atoms with Crippen molar-refractivity contribution in [3.63, 3.8) is 0 Å². The Balaban J connectivity index is 0.00000272. The van der Waals surface area contributed by atoms with Crippen LogP contribution >= 0.6 is 36.4 Å². The summed E-state index contributed by atoms with van der Waals surface area (Å²) in [5.74, 6) is -3.27. The van der Waals surface area contributed by atoms with Crippen LogP contribution in [0.5, 0.6) is 0 Å². The van der Waals surface area contributed by atoms with E-state index in [1.54, 1.807) is 31.2 Å². The second-order valence-electron chi connectivity index (χ2n) is 6.50. The molecule has 13 heteroatoms. The Labute approximate surface area is 204 Å². The fourth-order valence-electron chi connectivity index (χ4n) is 2.58. The zero-order valence-electron chi connectivity index (χ0n) is 17.0. The van der Waals surface area contributed by atoms with Crippen LogP contribution in [0.25, 0.3) is 0 Å². The standard InChI is InChI=1S/C20H17ClF2N6O2.2ClH/c1-10(24)26-12-4-2-11(3-5-12)9-25-20(31)17-8-18(29-28-17)27-19(30)13-6-15(22)16(23)7-14(13)21;;/h2-8H,9H2,1H3,(H2,24,26)(H,25,31)(H2,27,28,29,30);2*1H. The summed E-state index contributed by atoms with van der Waals surface area (Å²) >= 11 is 5.78. The third-order valence-electron chi connectivity index (χ3n) is 4.05. The number of H-pyrrole nitrogens is 1. The van der Waals surface area contributed by atoms with Crippen molar-refractivity contribution in [1.29, 1.82) is 5.41 Å². The molecule has 0 spiro atoms. The van der Waals surface area contributed by atoms with Gasteiger partial charge in [0.2, 0.25) is 0 Å². The van der Waals surface area contributed by atoms with E-state index in [9.17, 15) is 18.4 Å². The molecule has 1 heterocycles. The Kier molecular flexibility index (Phi) is 10.2. The number of anilines is 2. The molecule has 176 valence electrons. The molecule has 0 aliphatic carbocycles. The van der Waals surface area contributed by atoms with Gasteiger partial charge in [-0.1, -0.05) is 23.7 Å². The lowest BCUT2D eigenvalue weighted by atomic mass is 10.2. The number of carbonyl (C=O) groups excluding carboxylic acids is 2. The molecule has 0 unspecified atom stereocenters. The Morgan fingerprint density at radius 3 is 2.30 bits per heavy atom. The van der Waals surface area contributed by atoms with Crippen molar-refractivity contribution in [3.8, 4) is 0 Å². The van der Waals surface area contributed by atoms with Crippen molar-refractivity contribution in [2.24, 2.45) is 0 Å². The molecule has 3 aromatic rings. The van der Waals surface area contributed by atoms with Crippen LogP contribution < -0.4 is 16.0 Å². The van der Waals surface area contributed by atoms with Crippen molar-refractivity contribution in [3.05, 3.63) is 75.9 Å². The number of hydrogen-bond acceptors (Lipinski definition) is 4. The molecule has 0 atom stereocenters.